The Morgan fingerprint density at radius 2 is 2.24 bits per heavy atom. The van der Waals surface area contributed by atoms with Crippen LogP contribution in [0.5, 0.6) is 0 Å². The number of sulfone groups is 1. The largest absolute Gasteiger partial charge is 0.466 e. The standard InChI is InChI=1S/C11H21NO4S/c1-2-16-11(13)5-7-17(14,15)9-10-4-3-6-12-8-10/h10,12H,2-9H2,1H3. The Bertz CT molecular complexity index is 333. The average Bonchev–Trinajstić information content (AvgIpc) is 2.28. The Kier molecular flexibility index (Phi) is 5.91. The molecule has 0 amide bonds. The first-order valence-corrected chi connectivity index (χ1v) is 7.92. The maximum absolute atomic E-state index is 11.8. The highest BCUT2D eigenvalue weighted by molar-refractivity contribution is 7.91. The Labute approximate surface area is 103 Å². The van der Waals surface area contributed by atoms with Crippen LogP contribution in [0.15, 0.2) is 0 Å². The summed E-state index contributed by atoms with van der Waals surface area (Å²) in [6.07, 6.45) is 1.94. The quantitative estimate of drug-likeness (QED) is 0.700. The molecule has 1 atom stereocenters. The molecule has 1 aliphatic heterocycles. The van der Waals surface area contributed by atoms with Crippen LogP contribution in [0.3, 0.4) is 0 Å². The highest BCUT2D eigenvalue weighted by Crippen LogP contribution is 2.13. The van der Waals surface area contributed by atoms with Gasteiger partial charge in [-0.15, -0.1) is 0 Å². The summed E-state index contributed by atoms with van der Waals surface area (Å²) in [7, 11) is -3.14. The van der Waals surface area contributed by atoms with Crippen molar-refractivity contribution in [2.24, 2.45) is 5.92 Å². The summed E-state index contributed by atoms with van der Waals surface area (Å²) in [5.41, 5.74) is 0. The Morgan fingerprint density at radius 1 is 1.47 bits per heavy atom. The van der Waals surface area contributed by atoms with Gasteiger partial charge in [-0.25, -0.2) is 8.42 Å². The van der Waals surface area contributed by atoms with E-state index in [0.29, 0.717) is 6.61 Å². The first kappa shape index (κ1) is 14.4. The predicted octanol–water partition coefficient (Wildman–Crippen LogP) is 0.354. The molecule has 0 radical (unpaired) electrons. The Morgan fingerprint density at radius 3 is 2.82 bits per heavy atom. The lowest BCUT2D eigenvalue weighted by molar-refractivity contribution is -0.142. The number of ether oxygens (including phenoxy) is 1. The molecule has 1 N–H and O–H groups in total. The van der Waals surface area contributed by atoms with E-state index < -0.39 is 15.8 Å². The zero-order chi connectivity index (χ0) is 12.7. The van der Waals surface area contributed by atoms with E-state index in [2.05, 4.69) is 5.32 Å². The van der Waals surface area contributed by atoms with E-state index in [-0.39, 0.29) is 23.8 Å². The van der Waals surface area contributed by atoms with E-state index in [9.17, 15) is 13.2 Å². The van der Waals surface area contributed by atoms with Gasteiger partial charge in [0.05, 0.1) is 24.5 Å². The molecule has 1 fully saturated rings. The van der Waals surface area contributed by atoms with Gasteiger partial charge in [-0.1, -0.05) is 0 Å². The zero-order valence-corrected chi connectivity index (χ0v) is 11.1. The van der Waals surface area contributed by atoms with Crippen molar-refractivity contribution < 1.29 is 17.9 Å². The minimum atomic E-state index is -3.14. The van der Waals surface area contributed by atoms with E-state index in [0.717, 1.165) is 25.9 Å². The third-order valence-electron chi connectivity index (χ3n) is 2.81. The second-order valence-corrected chi connectivity index (χ2v) is 6.61. The maximum atomic E-state index is 11.8. The fraction of sp³-hybridized carbons (Fsp3) is 0.909. The molecule has 17 heavy (non-hydrogen) atoms. The van der Waals surface area contributed by atoms with Gasteiger partial charge < -0.3 is 10.1 Å². The van der Waals surface area contributed by atoms with Crippen LogP contribution in [0.25, 0.3) is 0 Å². The third kappa shape index (κ3) is 6.02. The molecule has 0 saturated carbocycles. The van der Waals surface area contributed by atoms with Gasteiger partial charge in [0.15, 0.2) is 9.84 Å². The molecule has 0 aromatic carbocycles. The summed E-state index contributed by atoms with van der Waals surface area (Å²) in [5.74, 6) is -0.157. The summed E-state index contributed by atoms with van der Waals surface area (Å²) in [6, 6.07) is 0. The summed E-state index contributed by atoms with van der Waals surface area (Å²) in [6.45, 7) is 3.74. The van der Waals surface area contributed by atoms with Crippen LogP contribution >= 0.6 is 0 Å². The summed E-state index contributed by atoms with van der Waals surface area (Å²) in [5, 5.41) is 3.19. The number of piperidine rings is 1. The second kappa shape index (κ2) is 6.96. The zero-order valence-electron chi connectivity index (χ0n) is 10.3. The molecule has 1 saturated heterocycles. The van der Waals surface area contributed by atoms with Crippen LogP contribution < -0.4 is 5.32 Å². The van der Waals surface area contributed by atoms with E-state index in [1.54, 1.807) is 6.92 Å². The monoisotopic (exact) mass is 263 g/mol. The van der Waals surface area contributed by atoms with E-state index >= 15 is 0 Å². The van der Waals surface area contributed by atoms with Crippen molar-refractivity contribution in [3.05, 3.63) is 0 Å². The Balaban J connectivity index is 2.32. The van der Waals surface area contributed by atoms with Gasteiger partial charge in [0, 0.05) is 0 Å². The highest BCUT2D eigenvalue weighted by Gasteiger charge is 2.22. The van der Waals surface area contributed by atoms with Gasteiger partial charge in [-0.05, 0) is 38.8 Å². The van der Waals surface area contributed by atoms with Gasteiger partial charge in [-0.2, -0.15) is 0 Å². The van der Waals surface area contributed by atoms with Crippen LogP contribution in [0, 0.1) is 5.92 Å². The van der Waals surface area contributed by atoms with Crippen molar-refractivity contribution in [1.82, 2.24) is 5.32 Å². The van der Waals surface area contributed by atoms with Gasteiger partial charge in [-0.3, -0.25) is 4.79 Å². The Hall–Kier alpha value is -0.620. The van der Waals surface area contributed by atoms with Crippen molar-refractivity contribution in [1.29, 1.82) is 0 Å². The number of hydrogen-bond acceptors (Lipinski definition) is 5. The molecule has 1 aliphatic rings. The summed E-state index contributed by atoms with van der Waals surface area (Å²) in [4.78, 5) is 11.1. The van der Waals surface area contributed by atoms with Crippen LogP contribution in [-0.2, 0) is 19.4 Å². The number of hydrogen-bond donors (Lipinski definition) is 1. The molecular formula is C11H21NO4S. The number of esters is 1. The summed E-state index contributed by atoms with van der Waals surface area (Å²) >= 11 is 0. The molecule has 0 aromatic heterocycles. The maximum Gasteiger partial charge on any atom is 0.306 e. The normalized spacial score (nSPS) is 21.1. The van der Waals surface area contributed by atoms with Gasteiger partial charge in [0.2, 0.25) is 0 Å². The molecule has 0 aliphatic carbocycles. The van der Waals surface area contributed by atoms with Crippen molar-refractivity contribution in [2.75, 3.05) is 31.2 Å². The van der Waals surface area contributed by atoms with Gasteiger partial charge >= 0.3 is 5.97 Å². The predicted molar refractivity (Wildman–Crippen MR) is 65.5 cm³/mol. The molecule has 1 unspecified atom stereocenters. The molecule has 1 heterocycles. The minimum absolute atomic E-state index is 0.0314. The topological polar surface area (TPSA) is 72.5 Å². The molecular weight excluding hydrogens is 242 g/mol. The van der Waals surface area contributed by atoms with Crippen LogP contribution in [-0.4, -0.2) is 45.6 Å². The molecule has 6 heteroatoms. The molecule has 5 nitrogen and oxygen atoms in total. The molecule has 0 aromatic rings. The number of nitrogens with one attached hydrogen (secondary N) is 1. The van der Waals surface area contributed by atoms with E-state index in [4.69, 9.17) is 4.74 Å². The lowest BCUT2D eigenvalue weighted by Gasteiger charge is -2.22. The average molecular weight is 263 g/mol. The van der Waals surface area contributed by atoms with Gasteiger partial charge in [0.1, 0.15) is 0 Å². The fourth-order valence-corrected chi connectivity index (χ4v) is 3.63. The number of carbonyl (C=O) groups excluding carboxylic acids is 1. The number of rotatable bonds is 6. The third-order valence-corrected chi connectivity index (χ3v) is 4.62. The van der Waals surface area contributed by atoms with Crippen LogP contribution in [0.2, 0.25) is 0 Å². The van der Waals surface area contributed by atoms with Crippen molar-refractivity contribution in [3.8, 4) is 0 Å². The molecule has 0 bridgehead atoms. The van der Waals surface area contributed by atoms with Crippen molar-refractivity contribution >= 4 is 15.8 Å². The minimum Gasteiger partial charge on any atom is -0.466 e. The van der Waals surface area contributed by atoms with Crippen molar-refractivity contribution in [3.63, 3.8) is 0 Å². The first-order valence-electron chi connectivity index (χ1n) is 6.10. The van der Waals surface area contributed by atoms with Crippen LogP contribution in [0.4, 0.5) is 0 Å². The van der Waals surface area contributed by atoms with Gasteiger partial charge in [0.25, 0.3) is 0 Å². The lowest BCUT2D eigenvalue weighted by Crippen LogP contribution is -2.34. The highest BCUT2D eigenvalue weighted by atomic mass is 32.2. The fourth-order valence-electron chi connectivity index (χ4n) is 1.98. The van der Waals surface area contributed by atoms with E-state index in [1.807, 2.05) is 0 Å². The van der Waals surface area contributed by atoms with Crippen LogP contribution in [0.1, 0.15) is 26.2 Å². The molecule has 100 valence electrons. The van der Waals surface area contributed by atoms with E-state index in [1.165, 1.54) is 0 Å². The lowest BCUT2D eigenvalue weighted by atomic mass is 10.0. The molecule has 1 rings (SSSR count). The number of carbonyl (C=O) groups is 1. The first-order chi connectivity index (χ1) is 8.03. The second-order valence-electron chi connectivity index (χ2n) is 4.38. The smallest absolute Gasteiger partial charge is 0.306 e. The van der Waals surface area contributed by atoms with Crippen molar-refractivity contribution in [2.45, 2.75) is 26.2 Å². The SMILES string of the molecule is CCOC(=O)CCS(=O)(=O)CC1CCCNC1. The summed E-state index contributed by atoms with van der Waals surface area (Å²) < 4.78 is 28.3. The molecule has 0 spiro atoms.